The van der Waals surface area contributed by atoms with Crippen LogP contribution in [0.1, 0.15) is 42.6 Å². The van der Waals surface area contributed by atoms with E-state index in [4.69, 9.17) is 0 Å². The van der Waals surface area contributed by atoms with Crippen molar-refractivity contribution in [3.63, 3.8) is 0 Å². The van der Waals surface area contributed by atoms with Gasteiger partial charge in [0.1, 0.15) is 0 Å². The number of piperazine rings is 1. The summed E-state index contributed by atoms with van der Waals surface area (Å²) >= 11 is 0. The zero-order valence-electron chi connectivity index (χ0n) is 14.5. The highest BCUT2D eigenvalue weighted by Gasteiger charge is 2.21. The summed E-state index contributed by atoms with van der Waals surface area (Å²) in [6.45, 7) is 10.6. The average molecular weight is 315 g/mol. The van der Waals surface area contributed by atoms with Crippen LogP contribution in [-0.2, 0) is 6.42 Å². The largest absolute Gasteiger partial charge is 0.369 e. The number of benzene rings is 1. The van der Waals surface area contributed by atoms with E-state index < -0.39 is 0 Å². The molecule has 3 rings (SSSR count). The Hall–Kier alpha value is -1.39. The van der Waals surface area contributed by atoms with E-state index >= 15 is 0 Å². The highest BCUT2D eigenvalue weighted by atomic mass is 16.1. The fourth-order valence-corrected chi connectivity index (χ4v) is 3.65. The Morgan fingerprint density at radius 3 is 2.74 bits per heavy atom. The second kappa shape index (κ2) is 7.45. The molecule has 0 aromatic heterocycles. The molecule has 1 aromatic carbocycles. The molecule has 0 radical (unpaired) electrons. The van der Waals surface area contributed by atoms with E-state index in [1.54, 1.807) is 0 Å². The van der Waals surface area contributed by atoms with Crippen molar-refractivity contribution >= 4 is 11.5 Å². The number of hydrogen-bond donors (Lipinski definition) is 1. The van der Waals surface area contributed by atoms with Crippen molar-refractivity contribution < 1.29 is 4.79 Å². The lowest BCUT2D eigenvalue weighted by Gasteiger charge is -2.35. The number of carbonyl (C=O) groups excluding carboxylic acids is 1. The Bertz CT molecular complexity index is 550. The predicted octanol–water partition coefficient (Wildman–Crippen LogP) is 2.33. The molecule has 0 amide bonds. The van der Waals surface area contributed by atoms with Crippen molar-refractivity contribution in [3.8, 4) is 0 Å². The van der Waals surface area contributed by atoms with Crippen LogP contribution in [0.4, 0.5) is 5.69 Å². The minimum Gasteiger partial charge on any atom is -0.369 e. The van der Waals surface area contributed by atoms with Crippen LogP contribution in [0.5, 0.6) is 0 Å². The van der Waals surface area contributed by atoms with Crippen LogP contribution in [0, 0.1) is 0 Å². The second-order valence-electron chi connectivity index (χ2n) is 7.00. The Kier molecular flexibility index (Phi) is 5.34. The standard InChI is InChI=1S/C19H29N3O/c1-15(2)22-10-3-4-16-5-6-17(14-18(16)22)19(23)7-11-21-12-8-20-9-13-21/h5-6,14-15,20H,3-4,7-13H2,1-2H3. The summed E-state index contributed by atoms with van der Waals surface area (Å²) in [6, 6.07) is 6.82. The molecule has 1 fully saturated rings. The summed E-state index contributed by atoms with van der Waals surface area (Å²) in [4.78, 5) is 17.4. The molecule has 4 nitrogen and oxygen atoms in total. The van der Waals surface area contributed by atoms with Gasteiger partial charge in [0.25, 0.3) is 0 Å². The molecular weight excluding hydrogens is 286 g/mol. The van der Waals surface area contributed by atoms with Gasteiger partial charge < -0.3 is 15.1 Å². The lowest BCUT2D eigenvalue weighted by Crippen LogP contribution is -2.44. The van der Waals surface area contributed by atoms with E-state index in [0.29, 0.717) is 12.5 Å². The smallest absolute Gasteiger partial charge is 0.164 e. The molecule has 0 bridgehead atoms. The minimum atomic E-state index is 0.278. The molecule has 0 aliphatic carbocycles. The zero-order chi connectivity index (χ0) is 16.2. The predicted molar refractivity (Wildman–Crippen MR) is 95.5 cm³/mol. The van der Waals surface area contributed by atoms with Gasteiger partial charge in [-0.1, -0.05) is 12.1 Å². The van der Waals surface area contributed by atoms with E-state index in [2.05, 4.69) is 41.1 Å². The number of nitrogens with zero attached hydrogens (tertiary/aromatic N) is 2. The number of carbonyl (C=O) groups is 1. The quantitative estimate of drug-likeness (QED) is 0.846. The molecule has 0 atom stereocenters. The first kappa shape index (κ1) is 16.5. The number of rotatable bonds is 5. The normalized spacial score (nSPS) is 19.0. The summed E-state index contributed by atoms with van der Waals surface area (Å²) in [6.07, 6.45) is 2.97. The van der Waals surface area contributed by atoms with E-state index in [-0.39, 0.29) is 5.78 Å². The molecule has 0 unspecified atom stereocenters. The van der Waals surface area contributed by atoms with Gasteiger partial charge in [-0.25, -0.2) is 0 Å². The number of ketones is 1. The highest BCUT2D eigenvalue weighted by molar-refractivity contribution is 5.97. The summed E-state index contributed by atoms with van der Waals surface area (Å²) in [5, 5.41) is 3.35. The monoisotopic (exact) mass is 315 g/mol. The van der Waals surface area contributed by atoms with Gasteiger partial charge in [0.2, 0.25) is 0 Å². The number of Topliss-reactive ketones (excluding diaryl/α,β-unsaturated/α-hetero) is 1. The third-order valence-electron chi connectivity index (χ3n) is 5.05. The van der Waals surface area contributed by atoms with E-state index in [9.17, 15) is 4.79 Å². The van der Waals surface area contributed by atoms with Crippen LogP contribution in [0.25, 0.3) is 0 Å². The highest BCUT2D eigenvalue weighted by Crippen LogP contribution is 2.30. The van der Waals surface area contributed by atoms with E-state index in [1.165, 1.54) is 17.7 Å². The van der Waals surface area contributed by atoms with E-state index in [1.807, 2.05) is 6.07 Å². The Morgan fingerprint density at radius 1 is 1.22 bits per heavy atom. The maximum absolute atomic E-state index is 12.6. The van der Waals surface area contributed by atoms with Gasteiger partial charge in [-0.3, -0.25) is 4.79 Å². The average Bonchev–Trinajstić information content (AvgIpc) is 2.59. The maximum Gasteiger partial charge on any atom is 0.164 e. The third-order valence-corrected chi connectivity index (χ3v) is 5.05. The van der Waals surface area contributed by atoms with Gasteiger partial charge in [-0.2, -0.15) is 0 Å². The van der Waals surface area contributed by atoms with Crippen molar-refractivity contribution in [2.45, 2.75) is 39.2 Å². The zero-order valence-corrected chi connectivity index (χ0v) is 14.5. The third kappa shape index (κ3) is 3.93. The molecule has 1 N–H and O–H groups in total. The molecule has 0 saturated carbocycles. The number of nitrogens with one attached hydrogen (secondary N) is 1. The van der Waals surface area contributed by atoms with Crippen LogP contribution in [0.3, 0.4) is 0 Å². The summed E-state index contributed by atoms with van der Waals surface area (Å²) in [5.74, 6) is 0.278. The van der Waals surface area contributed by atoms with Gasteiger partial charge >= 0.3 is 0 Å². The molecule has 2 aliphatic heterocycles. The van der Waals surface area contributed by atoms with Gasteiger partial charge in [-0.05, 0) is 38.3 Å². The molecule has 2 heterocycles. The summed E-state index contributed by atoms with van der Waals surface area (Å²) in [5.41, 5.74) is 3.55. The van der Waals surface area contributed by atoms with Crippen LogP contribution in [0.2, 0.25) is 0 Å². The summed E-state index contributed by atoms with van der Waals surface area (Å²) < 4.78 is 0. The number of aryl methyl sites for hydroxylation is 1. The lowest BCUT2D eigenvalue weighted by atomic mass is 9.96. The molecule has 2 aliphatic rings. The first-order valence-electron chi connectivity index (χ1n) is 9.01. The number of anilines is 1. The minimum absolute atomic E-state index is 0.278. The van der Waals surface area contributed by atoms with Crippen molar-refractivity contribution in [2.75, 3.05) is 44.2 Å². The van der Waals surface area contributed by atoms with Gasteiger partial charge in [0.05, 0.1) is 0 Å². The molecular formula is C19H29N3O. The van der Waals surface area contributed by atoms with Crippen molar-refractivity contribution in [1.82, 2.24) is 10.2 Å². The van der Waals surface area contributed by atoms with Crippen LogP contribution in [-0.4, -0.2) is 56.0 Å². The van der Waals surface area contributed by atoms with Crippen LogP contribution in [0.15, 0.2) is 18.2 Å². The first-order chi connectivity index (χ1) is 11.1. The molecule has 4 heteroatoms. The topological polar surface area (TPSA) is 35.6 Å². The maximum atomic E-state index is 12.6. The number of hydrogen-bond acceptors (Lipinski definition) is 4. The second-order valence-corrected chi connectivity index (χ2v) is 7.00. The summed E-state index contributed by atoms with van der Waals surface area (Å²) in [7, 11) is 0. The van der Waals surface area contributed by atoms with Crippen molar-refractivity contribution in [1.29, 1.82) is 0 Å². The van der Waals surface area contributed by atoms with Crippen LogP contribution < -0.4 is 10.2 Å². The lowest BCUT2D eigenvalue weighted by molar-refractivity contribution is 0.0960. The Balaban J connectivity index is 1.67. The molecule has 126 valence electrons. The fraction of sp³-hybridized carbons (Fsp3) is 0.632. The molecule has 23 heavy (non-hydrogen) atoms. The van der Waals surface area contributed by atoms with Crippen LogP contribution >= 0.6 is 0 Å². The Labute approximate surface area is 139 Å². The first-order valence-corrected chi connectivity index (χ1v) is 9.01. The molecule has 1 saturated heterocycles. The van der Waals surface area contributed by atoms with Gasteiger partial charge in [0.15, 0.2) is 5.78 Å². The molecule has 0 spiro atoms. The number of fused-ring (bicyclic) bond motifs is 1. The fourth-order valence-electron chi connectivity index (χ4n) is 3.65. The van der Waals surface area contributed by atoms with Gasteiger partial charge in [-0.15, -0.1) is 0 Å². The molecule has 1 aromatic rings. The SMILES string of the molecule is CC(C)N1CCCc2ccc(C(=O)CCN3CCNCC3)cc21. The van der Waals surface area contributed by atoms with Crippen molar-refractivity contribution in [3.05, 3.63) is 29.3 Å². The van der Waals surface area contributed by atoms with Crippen molar-refractivity contribution in [2.24, 2.45) is 0 Å². The van der Waals surface area contributed by atoms with Gasteiger partial charge in [0, 0.05) is 63.0 Å². The van der Waals surface area contributed by atoms with E-state index in [0.717, 1.165) is 51.3 Å². The Morgan fingerprint density at radius 2 is 2.00 bits per heavy atom.